The number of nitrogens with one attached hydrogen (secondary N) is 1. The number of aryl methyl sites for hydroxylation is 1. The van der Waals surface area contributed by atoms with Crippen LogP contribution in [0.3, 0.4) is 0 Å². The first-order valence-corrected chi connectivity index (χ1v) is 6.36. The van der Waals surface area contributed by atoms with Gasteiger partial charge in [0.2, 0.25) is 10.0 Å². The highest BCUT2D eigenvalue weighted by Gasteiger charge is 2.13. The van der Waals surface area contributed by atoms with Crippen LogP contribution in [0.15, 0.2) is 18.2 Å². The van der Waals surface area contributed by atoms with Crippen molar-refractivity contribution in [2.24, 2.45) is 0 Å². The molecule has 0 aliphatic carbocycles. The molecule has 0 aliphatic rings. The topological polar surface area (TPSA) is 89.3 Å². The fourth-order valence-corrected chi connectivity index (χ4v) is 1.83. The zero-order valence-corrected chi connectivity index (χ0v) is 9.88. The van der Waals surface area contributed by atoms with Crippen LogP contribution in [0.4, 0.5) is 11.4 Å². The largest absolute Gasteiger partial charge is 0.283 e. The Kier molecular flexibility index (Phi) is 3.71. The van der Waals surface area contributed by atoms with E-state index in [1.807, 2.05) is 0 Å². The van der Waals surface area contributed by atoms with Crippen LogP contribution in [0.5, 0.6) is 0 Å². The van der Waals surface area contributed by atoms with Gasteiger partial charge in [-0.3, -0.25) is 14.8 Å². The van der Waals surface area contributed by atoms with Crippen LogP contribution in [-0.2, 0) is 10.0 Å². The molecule has 0 radical (unpaired) electrons. The summed E-state index contributed by atoms with van der Waals surface area (Å²) >= 11 is 5.21. The van der Waals surface area contributed by atoms with Crippen LogP contribution < -0.4 is 4.72 Å². The Morgan fingerprint density at radius 3 is 2.56 bits per heavy atom. The number of benzene rings is 1. The molecule has 0 aromatic heterocycles. The first-order chi connectivity index (χ1) is 7.35. The van der Waals surface area contributed by atoms with Crippen LogP contribution in [-0.4, -0.2) is 18.6 Å². The smallest absolute Gasteiger partial charge is 0.272 e. The zero-order valence-electron chi connectivity index (χ0n) is 8.31. The maximum atomic E-state index is 11.1. The fourth-order valence-electron chi connectivity index (χ4n) is 1.13. The Morgan fingerprint density at radius 1 is 1.50 bits per heavy atom. The lowest BCUT2D eigenvalue weighted by Crippen LogP contribution is -2.13. The van der Waals surface area contributed by atoms with Crippen molar-refractivity contribution in [2.75, 3.05) is 9.93 Å². The van der Waals surface area contributed by atoms with Crippen molar-refractivity contribution in [2.45, 2.75) is 6.92 Å². The molecule has 8 heteroatoms. The van der Waals surface area contributed by atoms with Crippen molar-refractivity contribution in [1.82, 2.24) is 0 Å². The Morgan fingerprint density at radius 2 is 2.12 bits per heavy atom. The highest BCUT2D eigenvalue weighted by Crippen LogP contribution is 2.22. The number of halogens is 1. The van der Waals surface area contributed by atoms with Crippen LogP contribution in [0.25, 0.3) is 0 Å². The SMILES string of the molecule is Cc1cc(NS(=O)(=O)CCl)ccc1[N+](=O)[O-]. The summed E-state index contributed by atoms with van der Waals surface area (Å²) < 4.78 is 24.4. The summed E-state index contributed by atoms with van der Waals surface area (Å²) in [6.45, 7) is 1.52. The first-order valence-electron chi connectivity index (χ1n) is 4.17. The monoisotopic (exact) mass is 264 g/mol. The molecule has 16 heavy (non-hydrogen) atoms. The van der Waals surface area contributed by atoms with E-state index in [-0.39, 0.29) is 11.4 Å². The van der Waals surface area contributed by atoms with E-state index in [9.17, 15) is 18.5 Å². The molecular formula is C8H9ClN2O4S. The summed E-state index contributed by atoms with van der Waals surface area (Å²) in [7, 11) is -3.58. The van der Waals surface area contributed by atoms with E-state index in [2.05, 4.69) is 4.72 Å². The van der Waals surface area contributed by atoms with E-state index in [1.165, 1.54) is 25.1 Å². The third-order valence-corrected chi connectivity index (χ3v) is 3.51. The van der Waals surface area contributed by atoms with E-state index in [1.54, 1.807) is 0 Å². The van der Waals surface area contributed by atoms with Gasteiger partial charge in [0.15, 0.2) is 0 Å². The number of sulfonamides is 1. The second-order valence-corrected chi connectivity index (χ2v) is 5.39. The number of nitrogens with zero attached hydrogens (tertiary/aromatic N) is 1. The predicted molar refractivity (Wildman–Crippen MR) is 61.1 cm³/mol. The number of anilines is 1. The molecule has 1 N–H and O–H groups in total. The Labute approximate surface area is 97.4 Å². The van der Waals surface area contributed by atoms with Gasteiger partial charge in [-0.25, -0.2) is 8.42 Å². The highest BCUT2D eigenvalue weighted by atomic mass is 35.5. The molecule has 0 amide bonds. The number of alkyl halides is 1. The number of hydrogen-bond donors (Lipinski definition) is 1. The molecule has 0 fully saturated rings. The molecule has 0 bridgehead atoms. The van der Waals surface area contributed by atoms with E-state index >= 15 is 0 Å². The minimum atomic E-state index is -3.58. The van der Waals surface area contributed by atoms with E-state index in [4.69, 9.17) is 11.6 Å². The predicted octanol–water partition coefficient (Wildman–Crippen LogP) is 1.84. The third kappa shape index (κ3) is 3.07. The normalized spacial score (nSPS) is 11.1. The number of nitro benzene ring substituents is 1. The second-order valence-electron chi connectivity index (χ2n) is 3.08. The van der Waals surface area contributed by atoms with Crippen LogP contribution in [0, 0.1) is 17.0 Å². The molecule has 0 unspecified atom stereocenters. The zero-order chi connectivity index (χ0) is 12.3. The molecule has 0 spiro atoms. The van der Waals surface area contributed by atoms with Crippen molar-refractivity contribution in [1.29, 1.82) is 0 Å². The van der Waals surface area contributed by atoms with Gasteiger partial charge in [-0.2, -0.15) is 0 Å². The molecule has 0 atom stereocenters. The van der Waals surface area contributed by atoms with Gasteiger partial charge in [-0.1, -0.05) is 0 Å². The highest BCUT2D eigenvalue weighted by molar-refractivity contribution is 7.93. The lowest BCUT2D eigenvalue weighted by Gasteiger charge is -2.05. The van der Waals surface area contributed by atoms with Gasteiger partial charge in [-0.15, -0.1) is 11.6 Å². The number of nitro groups is 1. The second kappa shape index (κ2) is 4.67. The fraction of sp³-hybridized carbons (Fsp3) is 0.250. The van der Waals surface area contributed by atoms with Crippen molar-refractivity contribution in [3.05, 3.63) is 33.9 Å². The molecule has 0 aliphatic heterocycles. The quantitative estimate of drug-likeness (QED) is 0.510. The first kappa shape index (κ1) is 12.7. The molecule has 0 heterocycles. The maximum absolute atomic E-state index is 11.1. The summed E-state index contributed by atoms with van der Waals surface area (Å²) in [6.07, 6.45) is 0. The van der Waals surface area contributed by atoms with E-state index < -0.39 is 20.2 Å². The average molecular weight is 265 g/mol. The van der Waals surface area contributed by atoms with Crippen LogP contribution >= 0.6 is 11.6 Å². The molecular weight excluding hydrogens is 256 g/mol. The van der Waals surface area contributed by atoms with Gasteiger partial charge in [0.05, 0.1) is 4.92 Å². The van der Waals surface area contributed by atoms with Gasteiger partial charge >= 0.3 is 0 Å². The summed E-state index contributed by atoms with van der Waals surface area (Å²) in [4.78, 5) is 9.99. The third-order valence-electron chi connectivity index (χ3n) is 1.81. The summed E-state index contributed by atoms with van der Waals surface area (Å²) in [5.74, 6) is 0. The summed E-state index contributed by atoms with van der Waals surface area (Å²) in [5.41, 5.74) is 0.567. The summed E-state index contributed by atoms with van der Waals surface area (Å²) in [5, 5.41) is 9.95. The van der Waals surface area contributed by atoms with Crippen LogP contribution in [0.1, 0.15) is 5.56 Å². The van der Waals surface area contributed by atoms with Crippen molar-refractivity contribution < 1.29 is 13.3 Å². The molecule has 6 nitrogen and oxygen atoms in total. The van der Waals surface area contributed by atoms with Gasteiger partial charge < -0.3 is 0 Å². The molecule has 88 valence electrons. The van der Waals surface area contributed by atoms with Crippen molar-refractivity contribution >= 4 is 33.0 Å². The van der Waals surface area contributed by atoms with Crippen molar-refractivity contribution in [3.8, 4) is 0 Å². The Balaban J connectivity index is 3.03. The molecule has 1 aromatic rings. The molecule has 1 rings (SSSR count). The van der Waals surface area contributed by atoms with Gasteiger partial charge in [0.1, 0.15) is 5.21 Å². The van der Waals surface area contributed by atoms with Crippen LogP contribution in [0.2, 0.25) is 0 Å². The van der Waals surface area contributed by atoms with Gasteiger partial charge in [0.25, 0.3) is 5.69 Å². The maximum Gasteiger partial charge on any atom is 0.272 e. The molecule has 1 aromatic carbocycles. The van der Waals surface area contributed by atoms with Crippen molar-refractivity contribution in [3.63, 3.8) is 0 Å². The Hall–Kier alpha value is -1.34. The van der Waals surface area contributed by atoms with E-state index in [0.29, 0.717) is 5.56 Å². The molecule has 0 saturated carbocycles. The standard InChI is InChI=1S/C8H9ClN2O4S/c1-6-4-7(10-16(14,15)5-9)2-3-8(6)11(12)13/h2-4,10H,5H2,1H3. The summed E-state index contributed by atoms with van der Waals surface area (Å²) in [6, 6.07) is 3.93. The minimum Gasteiger partial charge on any atom is -0.283 e. The lowest BCUT2D eigenvalue weighted by atomic mass is 10.2. The lowest BCUT2D eigenvalue weighted by molar-refractivity contribution is -0.385. The average Bonchev–Trinajstić information content (AvgIpc) is 2.16. The van der Waals surface area contributed by atoms with E-state index in [0.717, 1.165) is 0 Å². The van der Waals surface area contributed by atoms with Gasteiger partial charge in [-0.05, 0) is 19.1 Å². The van der Waals surface area contributed by atoms with Gasteiger partial charge in [0, 0.05) is 17.3 Å². The Bertz CT molecular complexity index is 515. The number of rotatable bonds is 4. The molecule has 0 saturated heterocycles. The number of hydrogen-bond acceptors (Lipinski definition) is 4. The minimum absolute atomic E-state index is 0.0613.